The van der Waals surface area contributed by atoms with Gasteiger partial charge in [-0.25, -0.2) is 0 Å². The van der Waals surface area contributed by atoms with E-state index in [-0.39, 0.29) is 24.4 Å². The highest BCUT2D eigenvalue weighted by Gasteiger charge is 2.31. The van der Waals surface area contributed by atoms with Crippen LogP contribution in [0, 0.1) is 5.92 Å². The summed E-state index contributed by atoms with van der Waals surface area (Å²) in [7, 11) is 0. The molecule has 1 aromatic heterocycles. The Morgan fingerprint density at radius 1 is 1.29 bits per heavy atom. The van der Waals surface area contributed by atoms with Crippen molar-refractivity contribution in [1.82, 2.24) is 5.32 Å². The predicted molar refractivity (Wildman–Crippen MR) is 90.5 cm³/mol. The molecule has 0 radical (unpaired) electrons. The van der Waals surface area contributed by atoms with Gasteiger partial charge in [0.2, 0.25) is 0 Å². The topological polar surface area (TPSA) is 55.1 Å². The van der Waals surface area contributed by atoms with Crippen molar-refractivity contribution in [2.45, 2.75) is 57.4 Å². The molecule has 3 nitrogen and oxygen atoms in total. The lowest BCUT2D eigenvalue weighted by Crippen LogP contribution is -2.41. The van der Waals surface area contributed by atoms with E-state index in [0.29, 0.717) is 12.5 Å². The first-order valence-corrected chi connectivity index (χ1v) is 8.72. The van der Waals surface area contributed by atoms with Gasteiger partial charge in [-0.2, -0.15) is 0 Å². The maximum Gasteiger partial charge on any atom is 0.261 e. The summed E-state index contributed by atoms with van der Waals surface area (Å²) in [6.45, 7) is 0.557. The number of thiophene rings is 1. The van der Waals surface area contributed by atoms with Crippen molar-refractivity contribution in [3.05, 3.63) is 21.4 Å². The van der Waals surface area contributed by atoms with Gasteiger partial charge in [0.1, 0.15) is 0 Å². The van der Waals surface area contributed by atoms with Crippen LogP contribution in [0.5, 0.6) is 0 Å². The van der Waals surface area contributed by atoms with Gasteiger partial charge < -0.3 is 11.1 Å². The number of carbonyl (C=O) groups excluding carboxylic acids is 1. The Bertz CT molecular complexity index is 459. The molecule has 1 unspecified atom stereocenters. The average Bonchev–Trinajstić information content (AvgIpc) is 3.19. The second-order valence-corrected chi connectivity index (χ2v) is 7.26. The van der Waals surface area contributed by atoms with Crippen LogP contribution in [-0.4, -0.2) is 18.5 Å². The SMILES string of the molecule is Cl.NCC(NC(=O)c1cc2c(s1)CCCCCC2)C1CC1. The lowest BCUT2D eigenvalue weighted by Gasteiger charge is -2.15. The molecule has 1 saturated carbocycles. The van der Waals surface area contributed by atoms with Crippen LogP contribution in [0.2, 0.25) is 0 Å². The summed E-state index contributed by atoms with van der Waals surface area (Å²) in [6.07, 6.45) is 9.90. The van der Waals surface area contributed by atoms with Gasteiger partial charge in [0.05, 0.1) is 4.88 Å². The Hall–Kier alpha value is -0.580. The third kappa shape index (κ3) is 4.21. The number of carbonyl (C=O) groups is 1. The van der Waals surface area contributed by atoms with Crippen LogP contribution in [0.1, 0.15) is 58.6 Å². The van der Waals surface area contributed by atoms with E-state index in [1.54, 1.807) is 11.3 Å². The lowest BCUT2D eigenvalue weighted by molar-refractivity contribution is 0.0937. The van der Waals surface area contributed by atoms with Crippen LogP contribution in [0.4, 0.5) is 0 Å². The van der Waals surface area contributed by atoms with Crippen molar-refractivity contribution >= 4 is 29.7 Å². The van der Waals surface area contributed by atoms with Gasteiger partial charge in [-0.1, -0.05) is 12.8 Å². The number of aryl methyl sites for hydroxylation is 2. The van der Waals surface area contributed by atoms with E-state index in [2.05, 4.69) is 11.4 Å². The third-order valence-corrected chi connectivity index (χ3v) is 5.72. The largest absolute Gasteiger partial charge is 0.347 e. The summed E-state index contributed by atoms with van der Waals surface area (Å²) in [5.74, 6) is 0.703. The Morgan fingerprint density at radius 3 is 2.67 bits per heavy atom. The predicted octanol–water partition coefficient (Wildman–Crippen LogP) is 3.30. The van der Waals surface area contributed by atoms with E-state index < -0.39 is 0 Å². The summed E-state index contributed by atoms with van der Waals surface area (Å²) in [5.41, 5.74) is 7.18. The number of nitrogens with one attached hydrogen (secondary N) is 1. The number of rotatable bonds is 4. The number of amides is 1. The summed E-state index contributed by atoms with van der Waals surface area (Å²) < 4.78 is 0. The van der Waals surface area contributed by atoms with E-state index in [1.165, 1.54) is 49.0 Å². The Balaban J connectivity index is 0.00000161. The zero-order chi connectivity index (χ0) is 13.9. The van der Waals surface area contributed by atoms with Gasteiger partial charge in [0.25, 0.3) is 5.91 Å². The smallest absolute Gasteiger partial charge is 0.261 e. The van der Waals surface area contributed by atoms with Crippen molar-refractivity contribution in [3.8, 4) is 0 Å². The monoisotopic (exact) mass is 328 g/mol. The van der Waals surface area contributed by atoms with Crippen molar-refractivity contribution in [2.24, 2.45) is 11.7 Å². The van der Waals surface area contributed by atoms with Gasteiger partial charge in [-0.05, 0) is 56.1 Å². The van der Waals surface area contributed by atoms with Crippen LogP contribution in [-0.2, 0) is 12.8 Å². The highest BCUT2D eigenvalue weighted by Crippen LogP contribution is 2.33. The molecule has 2 aliphatic rings. The minimum atomic E-state index is 0. The second-order valence-electron chi connectivity index (χ2n) is 6.13. The zero-order valence-corrected chi connectivity index (χ0v) is 14.0. The number of nitrogens with two attached hydrogens (primary N) is 1. The first-order valence-electron chi connectivity index (χ1n) is 7.90. The molecule has 21 heavy (non-hydrogen) atoms. The quantitative estimate of drug-likeness (QED) is 0.891. The molecular formula is C16H25ClN2OS. The van der Waals surface area contributed by atoms with E-state index in [4.69, 9.17) is 5.73 Å². The molecule has 1 fully saturated rings. The number of halogens is 1. The van der Waals surface area contributed by atoms with Crippen LogP contribution < -0.4 is 11.1 Å². The molecule has 3 N–H and O–H groups in total. The van der Waals surface area contributed by atoms with Crippen LogP contribution in [0.15, 0.2) is 6.07 Å². The van der Waals surface area contributed by atoms with Crippen LogP contribution >= 0.6 is 23.7 Å². The highest BCUT2D eigenvalue weighted by atomic mass is 35.5. The minimum Gasteiger partial charge on any atom is -0.347 e. The number of hydrogen-bond donors (Lipinski definition) is 2. The molecule has 5 heteroatoms. The molecule has 2 aliphatic carbocycles. The molecule has 0 aliphatic heterocycles. The van der Waals surface area contributed by atoms with Crippen molar-refractivity contribution in [3.63, 3.8) is 0 Å². The Morgan fingerprint density at radius 2 is 2.00 bits per heavy atom. The van der Waals surface area contributed by atoms with Crippen molar-refractivity contribution in [2.75, 3.05) is 6.54 Å². The molecule has 1 heterocycles. The van der Waals surface area contributed by atoms with Gasteiger partial charge in [-0.3, -0.25) is 4.79 Å². The fourth-order valence-corrected chi connectivity index (χ4v) is 4.22. The first kappa shape index (κ1) is 16.8. The standard InChI is InChI=1S/C16H24N2OS.ClH/c17-10-13(11-7-8-11)18-16(19)15-9-12-5-3-1-2-4-6-14(12)20-15;/h9,11,13H,1-8,10,17H2,(H,18,19);1H. The summed E-state index contributed by atoms with van der Waals surface area (Å²) in [6, 6.07) is 2.30. The maximum absolute atomic E-state index is 12.4. The molecule has 118 valence electrons. The molecule has 3 rings (SSSR count). The van der Waals surface area contributed by atoms with Gasteiger partial charge in [0, 0.05) is 17.5 Å². The van der Waals surface area contributed by atoms with Crippen molar-refractivity contribution < 1.29 is 4.79 Å². The molecule has 1 atom stereocenters. The number of fused-ring (bicyclic) bond motifs is 1. The molecule has 1 aromatic rings. The van der Waals surface area contributed by atoms with Gasteiger partial charge in [-0.15, -0.1) is 23.7 Å². The van der Waals surface area contributed by atoms with Crippen LogP contribution in [0.3, 0.4) is 0 Å². The van der Waals surface area contributed by atoms with E-state index >= 15 is 0 Å². The normalized spacial score (nSPS) is 19.7. The van der Waals surface area contributed by atoms with Gasteiger partial charge in [0.15, 0.2) is 0 Å². The fourth-order valence-electron chi connectivity index (χ4n) is 3.06. The van der Waals surface area contributed by atoms with E-state index in [9.17, 15) is 4.79 Å². The maximum atomic E-state index is 12.4. The highest BCUT2D eigenvalue weighted by molar-refractivity contribution is 7.14. The molecule has 0 bridgehead atoms. The number of hydrogen-bond acceptors (Lipinski definition) is 3. The Labute approximate surface area is 137 Å². The van der Waals surface area contributed by atoms with Crippen molar-refractivity contribution in [1.29, 1.82) is 0 Å². The third-order valence-electron chi connectivity index (χ3n) is 4.48. The lowest BCUT2D eigenvalue weighted by atomic mass is 10.00. The first-order chi connectivity index (χ1) is 9.78. The summed E-state index contributed by atoms with van der Waals surface area (Å²) in [4.78, 5) is 14.7. The molecule has 0 spiro atoms. The molecule has 1 amide bonds. The van der Waals surface area contributed by atoms with Gasteiger partial charge >= 0.3 is 0 Å². The van der Waals surface area contributed by atoms with E-state index in [1.807, 2.05) is 0 Å². The summed E-state index contributed by atoms with van der Waals surface area (Å²) >= 11 is 1.70. The second kappa shape index (κ2) is 7.61. The zero-order valence-electron chi connectivity index (χ0n) is 12.4. The molecule has 0 saturated heterocycles. The molecule has 0 aromatic carbocycles. The summed E-state index contributed by atoms with van der Waals surface area (Å²) in [5, 5.41) is 3.13. The fraction of sp³-hybridized carbons (Fsp3) is 0.688. The average molecular weight is 329 g/mol. The van der Waals surface area contributed by atoms with E-state index in [0.717, 1.165) is 17.7 Å². The minimum absolute atomic E-state index is 0. The molecular weight excluding hydrogens is 304 g/mol. The van der Waals surface area contributed by atoms with Crippen LogP contribution in [0.25, 0.3) is 0 Å². The Kier molecular flexibility index (Phi) is 6.08.